The molecule has 2 heteroatoms. The van der Waals surface area contributed by atoms with Crippen LogP contribution in [-0.4, -0.2) is 31.2 Å². The van der Waals surface area contributed by atoms with Crippen LogP contribution >= 0.6 is 0 Å². The van der Waals surface area contributed by atoms with Crippen molar-refractivity contribution >= 4 is 0 Å². The minimum Gasteiger partial charge on any atom is -1.00 e. The Labute approximate surface area is 128 Å². The second-order valence-electron chi connectivity index (χ2n) is 6.68. The highest BCUT2D eigenvalue weighted by Gasteiger charge is 2.25. The standard InChI is InChI=1S/C17H36N.ClH/c1-3-4-5-6-7-8-9-10-11-12-15-18(2)16-13-14-17-18;/h3-17H2,1-2H3;1H/q+1;/p-1. The van der Waals surface area contributed by atoms with E-state index in [0.717, 1.165) is 0 Å². The highest BCUT2D eigenvalue weighted by Crippen LogP contribution is 2.18. The summed E-state index contributed by atoms with van der Waals surface area (Å²) in [6.45, 7) is 6.62. The summed E-state index contributed by atoms with van der Waals surface area (Å²) in [5.41, 5.74) is 0. The highest BCUT2D eigenvalue weighted by molar-refractivity contribution is 4.53. The Hall–Kier alpha value is 0.250. The molecule has 1 fully saturated rings. The van der Waals surface area contributed by atoms with Gasteiger partial charge in [0.2, 0.25) is 0 Å². The zero-order valence-corrected chi connectivity index (χ0v) is 14.2. The third-order valence-electron chi connectivity index (χ3n) is 4.70. The molecule has 1 heterocycles. The van der Waals surface area contributed by atoms with E-state index in [1.807, 2.05) is 0 Å². The van der Waals surface area contributed by atoms with E-state index >= 15 is 0 Å². The number of likely N-dealkylation sites (tertiary alicyclic amines) is 1. The third kappa shape index (κ3) is 9.73. The maximum Gasteiger partial charge on any atom is 0.0786 e. The first kappa shape index (κ1) is 19.2. The fraction of sp³-hybridized carbons (Fsp3) is 1.00. The van der Waals surface area contributed by atoms with Gasteiger partial charge in [0.1, 0.15) is 0 Å². The molecule has 1 aliphatic rings. The van der Waals surface area contributed by atoms with E-state index in [1.165, 1.54) is 101 Å². The van der Waals surface area contributed by atoms with E-state index < -0.39 is 0 Å². The van der Waals surface area contributed by atoms with Gasteiger partial charge in [-0.05, 0) is 12.8 Å². The van der Waals surface area contributed by atoms with Gasteiger partial charge >= 0.3 is 0 Å². The fourth-order valence-electron chi connectivity index (χ4n) is 3.30. The normalized spacial score (nSPS) is 17.4. The summed E-state index contributed by atoms with van der Waals surface area (Å²) in [4.78, 5) is 0. The summed E-state index contributed by atoms with van der Waals surface area (Å²) in [5.74, 6) is 0. The molecule has 0 atom stereocenters. The first-order chi connectivity index (χ1) is 8.77. The summed E-state index contributed by atoms with van der Waals surface area (Å²) in [6.07, 6.45) is 17.5. The summed E-state index contributed by atoms with van der Waals surface area (Å²) < 4.78 is 1.37. The zero-order chi connectivity index (χ0) is 13.1. The van der Waals surface area contributed by atoms with Crippen molar-refractivity contribution in [3.05, 3.63) is 0 Å². The molecule has 0 amide bonds. The largest absolute Gasteiger partial charge is 1.00 e. The lowest BCUT2D eigenvalue weighted by Crippen LogP contribution is -3.00. The Morgan fingerprint density at radius 1 is 0.684 bits per heavy atom. The maximum absolute atomic E-state index is 2.46. The number of nitrogens with zero attached hydrogens (tertiary/aromatic N) is 1. The van der Waals surface area contributed by atoms with Crippen LogP contribution in [0.2, 0.25) is 0 Å². The van der Waals surface area contributed by atoms with E-state index in [9.17, 15) is 0 Å². The van der Waals surface area contributed by atoms with Crippen molar-refractivity contribution in [3.8, 4) is 0 Å². The van der Waals surface area contributed by atoms with Crippen LogP contribution in [0.3, 0.4) is 0 Å². The molecule has 116 valence electrons. The maximum atomic E-state index is 2.46. The summed E-state index contributed by atoms with van der Waals surface area (Å²) in [6, 6.07) is 0. The monoisotopic (exact) mass is 289 g/mol. The van der Waals surface area contributed by atoms with Crippen molar-refractivity contribution in [1.82, 2.24) is 0 Å². The molecular formula is C17H36ClN. The lowest BCUT2D eigenvalue weighted by molar-refractivity contribution is -0.897. The van der Waals surface area contributed by atoms with Crippen LogP contribution in [-0.2, 0) is 0 Å². The quantitative estimate of drug-likeness (QED) is 0.404. The van der Waals surface area contributed by atoms with Gasteiger partial charge in [-0.15, -0.1) is 0 Å². The molecule has 1 rings (SSSR count). The van der Waals surface area contributed by atoms with Crippen LogP contribution in [0.1, 0.15) is 84.0 Å². The fourth-order valence-corrected chi connectivity index (χ4v) is 3.30. The Kier molecular flexibility index (Phi) is 12.2. The van der Waals surface area contributed by atoms with Crippen LogP contribution < -0.4 is 12.4 Å². The molecule has 0 N–H and O–H groups in total. The lowest BCUT2D eigenvalue weighted by Gasteiger charge is -2.29. The second kappa shape index (κ2) is 12.0. The molecule has 0 unspecified atom stereocenters. The molecule has 19 heavy (non-hydrogen) atoms. The van der Waals surface area contributed by atoms with Gasteiger partial charge in [-0.1, -0.05) is 58.3 Å². The molecule has 1 nitrogen and oxygen atoms in total. The predicted octanol–water partition coefficient (Wildman–Crippen LogP) is 2.15. The summed E-state index contributed by atoms with van der Waals surface area (Å²) in [7, 11) is 2.46. The average molecular weight is 290 g/mol. The number of rotatable bonds is 11. The second-order valence-corrected chi connectivity index (χ2v) is 6.68. The van der Waals surface area contributed by atoms with Gasteiger partial charge in [0.25, 0.3) is 0 Å². The van der Waals surface area contributed by atoms with E-state index in [2.05, 4.69) is 14.0 Å². The van der Waals surface area contributed by atoms with Gasteiger partial charge in [-0.25, -0.2) is 0 Å². The summed E-state index contributed by atoms with van der Waals surface area (Å²) in [5, 5.41) is 0. The Morgan fingerprint density at radius 2 is 1.11 bits per heavy atom. The number of halogens is 1. The van der Waals surface area contributed by atoms with Gasteiger partial charge in [-0.3, -0.25) is 0 Å². The molecular weight excluding hydrogens is 254 g/mol. The zero-order valence-electron chi connectivity index (χ0n) is 13.4. The van der Waals surface area contributed by atoms with Crippen LogP contribution in [0.4, 0.5) is 0 Å². The number of hydrogen-bond donors (Lipinski definition) is 0. The van der Waals surface area contributed by atoms with Crippen LogP contribution in [0.25, 0.3) is 0 Å². The predicted molar refractivity (Wildman–Crippen MR) is 81.9 cm³/mol. The minimum atomic E-state index is 0. The van der Waals surface area contributed by atoms with Crippen molar-refractivity contribution < 1.29 is 16.9 Å². The smallest absolute Gasteiger partial charge is 0.0786 e. The molecule has 0 aromatic carbocycles. The molecule has 1 aliphatic heterocycles. The Balaban J connectivity index is 0.00000324. The average Bonchev–Trinajstić information content (AvgIpc) is 2.79. The Bertz CT molecular complexity index is 188. The summed E-state index contributed by atoms with van der Waals surface area (Å²) >= 11 is 0. The van der Waals surface area contributed by atoms with Gasteiger partial charge in [0.05, 0.1) is 26.7 Å². The SMILES string of the molecule is CCCCCCCCCCCC[N+]1(C)CCCC1.[Cl-]. The topological polar surface area (TPSA) is 0 Å². The minimum absolute atomic E-state index is 0. The van der Waals surface area contributed by atoms with Crippen molar-refractivity contribution in [3.63, 3.8) is 0 Å². The van der Waals surface area contributed by atoms with Gasteiger partial charge in [-0.2, -0.15) is 0 Å². The molecule has 0 saturated carbocycles. The van der Waals surface area contributed by atoms with Gasteiger partial charge in [0.15, 0.2) is 0 Å². The molecule has 0 radical (unpaired) electrons. The van der Waals surface area contributed by atoms with Crippen LogP contribution in [0, 0.1) is 0 Å². The number of unbranched alkanes of at least 4 members (excludes halogenated alkanes) is 9. The molecule has 0 aromatic rings. The molecule has 1 saturated heterocycles. The van der Waals surface area contributed by atoms with Crippen molar-refractivity contribution in [2.45, 2.75) is 84.0 Å². The first-order valence-electron chi connectivity index (χ1n) is 8.60. The molecule has 0 bridgehead atoms. The number of quaternary nitrogens is 1. The number of hydrogen-bond acceptors (Lipinski definition) is 0. The van der Waals surface area contributed by atoms with Gasteiger partial charge < -0.3 is 16.9 Å². The Morgan fingerprint density at radius 3 is 1.58 bits per heavy atom. The van der Waals surface area contributed by atoms with Crippen LogP contribution in [0.15, 0.2) is 0 Å². The van der Waals surface area contributed by atoms with Crippen molar-refractivity contribution in [2.75, 3.05) is 26.7 Å². The van der Waals surface area contributed by atoms with E-state index in [-0.39, 0.29) is 12.4 Å². The van der Waals surface area contributed by atoms with E-state index in [0.29, 0.717) is 0 Å². The molecule has 0 aromatic heterocycles. The van der Waals surface area contributed by atoms with E-state index in [4.69, 9.17) is 0 Å². The van der Waals surface area contributed by atoms with Crippen LogP contribution in [0.5, 0.6) is 0 Å². The van der Waals surface area contributed by atoms with Gasteiger partial charge in [0, 0.05) is 12.8 Å². The molecule has 0 aliphatic carbocycles. The van der Waals surface area contributed by atoms with E-state index in [1.54, 1.807) is 0 Å². The van der Waals surface area contributed by atoms with Crippen molar-refractivity contribution in [1.29, 1.82) is 0 Å². The highest BCUT2D eigenvalue weighted by atomic mass is 35.5. The lowest BCUT2D eigenvalue weighted by atomic mass is 10.1. The first-order valence-corrected chi connectivity index (χ1v) is 8.60. The van der Waals surface area contributed by atoms with Crippen molar-refractivity contribution in [2.24, 2.45) is 0 Å². The molecule has 0 spiro atoms. The third-order valence-corrected chi connectivity index (χ3v) is 4.70.